The fourth-order valence-corrected chi connectivity index (χ4v) is 3.40. The standard InChI is InChI=1S/C21H23N5O2S/c1-21(2,3)26-20-16(9-22)11-23-18-12-25-19(8-17(18)20)24-10-14-4-6-15(7-5-14)13-29(27)28/h4-8,11-12,29H,10,13H2,1-3H3,(H,23,26)(H,24,25). The molecular formula is C21H23N5O2S. The van der Waals surface area contributed by atoms with E-state index in [-0.39, 0.29) is 11.3 Å². The Balaban J connectivity index is 1.85. The highest BCUT2D eigenvalue weighted by atomic mass is 32.2. The van der Waals surface area contributed by atoms with Gasteiger partial charge in [0.05, 0.1) is 28.7 Å². The van der Waals surface area contributed by atoms with Gasteiger partial charge in [-0.1, -0.05) is 24.3 Å². The van der Waals surface area contributed by atoms with Crippen LogP contribution in [0.1, 0.15) is 37.5 Å². The Hall–Kier alpha value is -3.18. The van der Waals surface area contributed by atoms with Crippen molar-refractivity contribution in [2.75, 3.05) is 10.6 Å². The van der Waals surface area contributed by atoms with Gasteiger partial charge in [-0.3, -0.25) is 4.98 Å². The molecule has 0 fully saturated rings. The van der Waals surface area contributed by atoms with Gasteiger partial charge in [0.15, 0.2) is 0 Å². The van der Waals surface area contributed by atoms with Gasteiger partial charge in [-0.25, -0.2) is 13.4 Å². The van der Waals surface area contributed by atoms with Gasteiger partial charge in [0.1, 0.15) is 22.6 Å². The van der Waals surface area contributed by atoms with Crippen molar-refractivity contribution in [3.05, 3.63) is 59.4 Å². The molecule has 2 heterocycles. The first-order chi connectivity index (χ1) is 13.7. The van der Waals surface area contributed by atoms with Gasteiger partial charge in [0.25, 0.3) is 0 Å². The second-order valence-electron chi connectivity index (χ2n) is 7.78. The van der Waals surface area contributed by atoms with E-state index < -0.39 is 10.7 Å². The Morgan fingerprint density at radius 3 is 2.38 bits per heavy atom. The summed E-state index contributed by atoms with van der Waals surface area (Å²) in [5, 5.41) is 17.0. The zero-order valence-electron chi connectivity index (χ0n) is 16.6. The number of aromatic nitrogens is 2. The number of thiol groups is 1. The summed E-state index contributed by atoms with van der Waals surface area (Å²) in [7, 11) is -2.43. The number of hydrogen-bond acceptors (Lipinski definition) is 7. The number of hydrogen-bond donors (Lipinski definition) is 3. The number of benzene rings is 1. The van der Waals surface area contributed by atoms with Crippen LogP contribution in [-0.4, -0.2) is 23.9 Å². The van der Waals surface area contributed by atoms with E-state index in [1.54, 1.807) is 12.4 Å². The Morgan fingerprint density at radius 1 is 1.07 bits per heavy atom. The zero-order chi connectivity index (χ0) is 21.0. The molecule has 0 radical (unpaired) electrons. The third-order valence-electron chi connectivity index (χ3n) is 4.18. The summed E-state index contributed by atoms with van der Waals surface area (Å²) >= 11 is 0. The molecule has 0 saturated heterocycles. The van der Waals surface area contributed by atoms with Crippen molar-refractivity contribution in [1.82, 2.24) is 9.97 Å². The van der Waals surface area contributed by atoms with Crippen molar-refractivity contribution >= 4 is 33.1 Å². The first-order valence-electron chi connectivity index (χ1n) is 9.16. The molecule has 7 nitrogen and oxygen atoms in total. The lowest BCUT2D eigenvalue weighted by Gasteiger charge is -2.24. The summed E-state index contributed by atoms with van der Waals surface area (Å²) in [6.07, 6.45) is 3.24. The minimum Gasteiger partial charge on any atom is -0.379 e. The number of nitrogens with one attached hydrogen (secondary N) is 2. The fraction of sp³-hybridized carbons (Fsp3) is 0.286. The molecule has 29 heavy (non-hydrogen) atoms. The quantitative estimate of drug-likeness (QED) is 0.535. The number of nitrogens with zero attached hydrogens (tertiary/aromatic N) is 3. The number of anilines is 2. The van der Waals surface area contributed by atoms with Crippen molar-refractivity contribution in [2.24, 2.45) is 0 Å². The van der Waals surface area contributed by atoms with Gasteiger partial charge in [-0.15, -0.1) is 0 Å². The molecule has 0 aliphatic heterocycles. The second kappa shape index (κ2) is 8.45. The smallest absolute Gasteiger partial charge is 0.144 e. The average Bonchev–Trinajstić information content (AvgIpc) is 2.66. The van der Waals surface area contributed by atoms with Crippen LogP contribution >= 0.6 is 0 Å². The van der Waals surface area contributed by atoms with Crippen LogP contribution in [0, 0.1) is 11.3 Å². The summed E-state index contributed by atoms with van der Waals surface area (Å²) in [6.45, 7) is 6.64. The third kappa shape index (κ3) is 5.42. The van der Waals surface area contributed by atoms with Gasteiger partial charge >= 0.3 is 0 Å². The van der Waals surface area contributed by atoms with Gasteiger partial charge in [-0.2, -0.15) is 5.26 Å². The van der Waals surface area contributed by atoms with Crippen LogP contribution in [0.3, 0.4) is 0 Å². The van der Waals surface area contributed by atoms with Crippen LogP contribution in [0.5, 0.6) is 0 Å². The molecule has 0 amide bonds. The highest BCUT2D eigenvalue weighted by molar-refractivity contribution is 7.71. The molecule has 0 spiro atoms. The molecule has 3 rings (SSSR count). The summed E-state index contributed by atoms with van der Waals surface area (Å²) in [6, 6.07) is 11.5. The first kappa shape index (κ1) is 20.6. The minimum absolute atomic E-state index is 0.0487. The number of fused-ring (bicyclic) bond motifs is 1. The predicted molar refractivity (Wildman–Crippen MR) is 115 cm³/mol. The van der Waals surface area contributed by atoms with E-state index in [0.29, 0.717) is 23.4 Å². The summed E-state index contributed by atoms with van der Waals surface area (Å²) in [4.78, 5) is 8.74. The maximum Gasteiger partial charge on any atom is 0.144 e. The van der Waals surface area contributed by atoms with Crippen LogP contribution in [0.15, 0.2) is 42.7 Å². The Labute approximate surface area is 171 Å². The maximum atomic E-state index is 10.8. The number of rotatable bonds is 6. The topological polar surface area (TPSA) is 108 Å². The van der Waals surface area contributed by atoms with E-state index in [9.17, 15) is 13.7 Å². The monoisotopic (exact) mass is 409 g/mol. The van der Waals surface area contributed by atoms with Gasteiger partial charge in [0, 0.05) is 23.7 Å². The highest BCUT2D eigenvalue weighted by Gasteiger charge is 2.16. The summed E-state index contributed by atoms with van der Waals surface area (Å²) in [5.74, 6) is 0.714. The molecule has 3 aromatic rings. The lowest BCUT2D eigenvalue weighted by Crippen LogP contribution is -2.26. The van der Waals surface area contributed by atoms with E-state index in [4.69, 9.17) is 0 Å². The molecule has 0 saturated carbocycles. The normalized spacial score (nSPS) is 11.4. The van der Waals surface area contributed by atoms with E-state index >= 15 is 0 Å². The van der Waals surface area contributed by atoms with Gasteiger partial charge in [-0.05, 0) is 38.0 Å². The van der Waals surface area contributed by atoms with Crippen molar-refractivity contribution in [3.63, 3.8) is 0 Å². The minimum atomic E-state index is -2.43. The third-order valence-corrected chi connectivity index (χ3v) is 4.81. The molecule has 0 unspecified atom stereocenters. The van der Waals surface area contributed by atoms with Crippen LogP contribution in [0.25, 0.3) is 10.9 Å². The van der Waals surface area contributed by atoms with Crippen LogP contribution < -0.4 is 10.6 Å². The summed E-state index contributed by atoms with van der Waals surface area (Å²) in [5.41, 5.74) is 3.49. The largest absolute Gasteiger partial charge is 0.379 e. The molecule has 2 N–H and O–H groups in total. The molecule has 0 atom stereocenters. The lowest BCUT2D eigenvalue weighted by molar-refractivity contribution is 0.614. The predicted octanol–water partition coefficient (Wildman–Crippen LogP) is 3.44. The first-order valence-corrected chi connectivity index (χ1v) is 10.5. The molecule has 0 aliphatic rings. The van der Waals surface area contributed by atoms with Crippen LogP contribution in [0.2, 0.25) is 0 Å². The lowest BCUT2D eigenvalue weighted by atomic mass is 10.1. The van der Waals surface area contributed by atoms with E-state index in [0.717, 1.165) is 22.2 Å². The SMILES string of the molecule is CC(C)(C)Nc1c(C#N)cnc2cnc(NCc3ccc(C[SH](=O)=O)cc3)cc12. The second-order valence-corrected chi connectivity index (χ2v) is 8.76. The summed E-state index contributed by atoms with van der Waals surface area (Å²) < 4.78 is 21.6. The van der Waals surface area contributed by atoms with E-state index in [1.807, 2.05) is 51.1 Å². The Morgan fingerprint density at radius 2 is 1.76 bits per heavy atom. The highest BCUT2D eigenvalue weighted by Crippen LogP contribution is 2.29. The van der Waals surface area contributed by atoms with Crippen molar-refractivity contribution in [1.29, 1.82) is 5.26 Å². The molecule has 150 valence electrons. The van der Waals surface area contributed by atoms with Gasteiger partial charge < -0.3 is 10.6 Å². The molecule has 8 heteroatoms. The average molecular weight is 410 g/mol. The molecule has 1 aromatic carbocycles. The van der Waals surface area contributed by atoms with Crippen molar-refractivity contribution < 1.29 is 8.42 Å². The molecule has 0 aliphatic carbocycles. The van der Waals surface area contributed by atoms with E-state index in [2.05, 4.69) is 26.7 Å². The van der Waals surface area contributed by atoms with Crippen LogP contribution in [0.4, 0.5) is 11.5 Å². The van der Waals surface area contributed by atoms with Gasteiger partial charge in [0.2, 0.25) is 0 Å². The van der Waals surface area contributed by atoms with E-state index in [1.165, 1.54) is 0 Å². The van der Waals surface area contributed by atoms with Crippen molar-refractivity contribution in [3.8, 4) is 6.07 Å². The van der Waals surface area contributed by atoms with Crippen molar-refractivity contribution in [2.45, 2.75) is 38.6 Å². The molecule has 2 aromatic heterocycles. The molecule has 0 bridgehead atoms. The fourth-order valence-electron chi connectivity index (χ4n) is 2.89. The molecular weight excluding hydrogens is 386 g/mol. The number of pyridine rings is 2. The number of nitriles is 1. The zero-order valence-corrected chi connectivity index (χ0v) is 17.5. The maximum absolute atomic E-state index is 10.8. The Bertz CT molecular complexity index is 1130. The Kier molecular flexibility index (Phi) is 5.99. The van der Waals surface area contributed by atoms with Crippen LogP contribution in [-0.2, 0) is 23.0 Å².